The van der Waals surface area contributed by atoms with Crippen LogP contribution in [0.25, 0.3) is 0 Å². The third-order valence-electron chi connectivity index (χ3n) is 4.26. The van der Waals surface area contributed by atoms with Gasteiger partial charge in [-0.2, -0.15) is 0 Å². The topological polar surface area (TPSA) is 6.48 Å². The first kappa shape index (κ1) is 13.4. The fourth-order valence-corrected chi connectivity index (χ4v) is 3.24. The summed E-state index contributed by atoms with van der Waals surface area (Å²) in [5.41, 5.74) is 0.460. The van der Waals surface area contributed by atoms with Crippen LogP contribution in [0.1, 0.15) is 53.4 Å². The zero-order valence-corrected chi connectivity index (χ0v) is 12.2. The van der Waals surface area contributed by atoms with E-state index in [1.54, 1.807) is 0 Å². The highest BCUT2D eigenvalue weighted by atomic mass is 15.2. The summed E-state index contributed by atoms with van der Waals surface area (Å²) in [6, 6.07) is 1.79. The Morgan fingerprint density at radius 1 is 1.00 bits per heavy atom. The van der Waals surface area contributed by atoms with Crippen LogP contribution in [0.2, 0.25) is 0 Å². The van der Waals surface area contributed by atoms with Gasteiger partial charge < -0.3 is 4.90 Å². The summed E-state index contributed by atoms with van der Waals surface area (Å²) in [5.74, 6) is 0. The van der Waals surface area contributed by atoms with Gasteiger partial charge in [-0.05, 0) is 50.7 Å². The van der Waals surface area contributed by atoms with Crippen LogP contribution in [0.3, 0.4) is 0 Å². The summed E-state index contributed by atoms with van der Waals surface area (Å²) < 4.78 is 0. The number of hydrogen-bond acceptors (Lipinski definition) is 2. The van der Waals surface area contributed by atoms with Gasteiger partial charge in [0.2, 0.25) is 0 Å². The average Bonchev–Trinajstić information content (AvgIpc) is 2.19. The van der Waals surface area contributed by atoms with Crippen molar-refractivity contribution in [3.05, 3.63) is 0 Å². The van der Waals surface area contributed by atoms with Crippen molar-refractivity contribution in [1.29, 1.82) is 0 Å². The number of hydrogen-bond donors (Lipinski definition) is 0. The molecule has 2 saturated heterocycles. The van der Waals surface area contributed by atoms with E-state index in [-0.39, 0.29) is 0 Å². The van der Waals surface area contributed by atoms with Crippen LogP contribution >= 0.6 is 0 Å². The maximum atomic E-state index is 2.71. The van der Waals surface area contributed by atoms with Gasteiger partial charge in [0.1, 0.15) is 0 Å². The lowest BCUT2D eigenvalue weighted by atomic mass is 9.86. The largest absolute Gasteiger partial charge is 0.300 e. The highest BCUT2D eigenvalue weighted by Gasteiger charge is 2.36. The Morgan fingerprint density at radius 3 is 2.00 bits per heavy atom. The molecule has 0 N–H and O–H groups in total. The minimum absolute atomic E-state index is 0.460. The normalized spacial score (nSPS) is 31.1. The fraction of sp³-hybridized carbons (Fsp3) is 1.00. The zero-order valence-electron chi connectivity index (χ0n) is 12.2. The first-order valence-electron chi connectivity index (χ1n) is 7.47. The molecule has 0 aromatic carbocycles. The Labute approximate surface area is 107 Å². The standard InChI is InChI=1S/C15H30N2/c1-5-8-16-9-6-13(16)11-14-7-10-17(14)12-15(2,3)4/h13-14H,5-12H2,1-4H3. The predicted molar refractivity (Wildman–Crippen MR) is 74.3 cm³/mol. The van der Waals surface area contributed by atoms with E-state index >= 15 is 0 Å². The first-order chi connectivity index (χ1) is 7.99. The van der Waals surface area contributed by atoms with E-state index in [2.05, 4.69) is 37.5 Å². The quantitative estimate of drug-likeness (QED) is 0.726. The molecular weight excluding hydrogens is 208 g/mol. The Morgan fingerprint density at radius 2 is 1.59 bits per heavy atom. The third-order valence-corrected chi connectivity index (χ3v) is 4.26. The molecule has 0 aromatic heterocycles. The monoisotopic (exact) mass is 238 g/mol. The highest BCUT2D eigenvalue weighted by Crippen LogP contribution is 2.31. The molecule has 0 radical (unpaired) electrons. The van der Waals surface area contributed by atoms with Gasteiger partial charge in [0.15, 0.2) is 0 Å². The van der Waals surface area contributed by atoms with Crippen molar-refractivity contribution < 1.29 is 0 Å². The zero-order chi connectivity index (χ0) is 12.5. The van der Waals surface area contributed by atoms with E-state index < -0.39 is 0 Å². The van der Waals surface area contributed by atoms with Gasteiger partial charge in [-0.25, -0.2) is 0 Å². The fourth-order valence-electron chi connectivity index (χ4n) is 3.24. The van der Waals surface area contributed by atoms with E-state index in [4.69, 9.17) is 0 Å². The van der Waals surface area contributed by atoms with Crippen molar-refractivity contribution in [2.24, 2.45) is 5.41 Å². The van der Waals surface area contributed by atoms with Gasteiger partial charge in [0.25, 0.3) is 0 Å². The Balaban J connectivity index is 1.73. The van der Waals surface area contributed by atoms with Crippen LogP contribution in [0.15, 0.2) is 0 Å². The van der Waals surface area contributed by atoms with Crippen LogP contribution in [-0.4, -0.2) is 48.1 Å². The van der Waals surface area contributed by atoms with Gasteiger partial charge in [-0.1, -0.05) is 27.7 Å². The molecule has 2 rings (SSSR count). The van der Waals surface area contributed by atoms with Crippen molar-refractivity contribution in [2.45, 2.75) is 65.5 Å². The molecule has 2 aliphatic heterocycles. The van der Waals surface area contributed by atoms with Gasteiger partial charge in [0.05, 0.1) is 0 Å². The summed E-state index contributed by atoms with van der Waals surface area (Å²) in [6.07, 6.45) is 5.62. The molecule has 2 atom stereocenters. The summed E-state index contributed by atoms with van der Waals surface area (Å²) in [6.45, 7) is 14.6. The second kappa shape index (κ2) is 5.27. The van der Waals surface area contributed by atoms with Gasteiger partial charge in [0, 0.05) is 18.6 Å². The molecule has 0 saturated carbocycles. The predicted octanol–water partition coefficient (Wildman–Crippen LogP) is 2.98. The summed E-state index contributed by atoms with van der Waals surface area (Å²) >= 11 is 0. The maximum Gasteiger partial charge on any atom is 0.0123 e. The van der Waals surface area contributed by atoms with Crippen molar-refractivity contribution >= 4 is 0 Å². The first-order valence-corrected chi connectivity index (χ1v) is 7.47. The van der Waals surface area contributed by atoms with Gasteiger partial charge in [-0.3, -0.25) is 4.90 Å². The molecule has 2 nitrogen and oxygen atoms in total. The third kappa shape index (κ3) is 3.45. The molecule has 2 fully saturated rings. The summed E-state index contributed by atoms with van der Waals surface area (Å²) in [7, 11) is 0. The van der Waals surface area contributed by atoms with E-state index in [1.807, 2.05) is 0 Å². The lowest BCUT2D eigenvalue weighted by Gasteiger charge is -2.50. The van der Waals surface area contributed by atoms with Gasteiger partial charge in [-0.15, -0.1) is 0 Å². The van der Waals surface area contributed by atoms with Crippen molar-refractivity contribution in [2.75, 3.05) is 26.2 Å². The molecule has 0 bridgehead atoms. The van der Waals surface area contributed by atoms with Gasteiger partial charge >= 0.3 is 0 Å². The second-order valence-corrected chi connectivity index (χ2v) is 7.19. The molecule has 2 heterocycles. The molecule has 2 aliphatic rings. The molecule has 17 heavy (non-hydrogen) atoms. The Hall–Kier alpha value is -0.0800. The minimum atomic E-state index is 0.460. The molecule has 2 unspecified atom stereocenters. The van der Waals surface area contributed by atoms with E-state index in [9.17, 15) is 0 Å². The maximum absolute atomic E-state index is 2.71. The molecule has 0 amide bonds. The summed E-state index contributed by atoms with van der Waals surface area (Å²) in [4.78, 5) is 5.40. The molecular formula is C15H30N2. The van der Waals surface area contributed by atoms with Crippen LogP contribution in [-0.2, 0) is 0 Å². The van der Waals surface area contributed by atoms with Crippen molar-refractivity contribution in [1.82, 2.24) is 9.80 Å². The molecule has 2 heteroatoms. The van der Waals surface area contributed by atoms with Crippen LogP contribution in [0, 0.1) is 5.41 Å². The molecule has 100 valence electrons. The van der Waals surface area contributed by atoms with Crippen molar-refractivity contribution in [3.63, 3.8) is 0 Å². The van der Waals surface area contributed by atoms with E-state index in [0.29, 0.717) is 5.41 Å². The molecule has 0 aliphatic carbocycles. The van der Waals surface area contributed by atoms with Crippen molar-refractivity contribution in [3.8, 4) is 0 Å². The van der Waals surface area contributed by atoms with Crippen LogP contribution < -0.4 is 0 Å². The highest BCUT2D eigenvalue weighted by molar-refractivity contribution is 4.92. The lowest BCUT2D eigenvalue weighted by molar-refractivity contribution is 0.000906. The number of rotatable bonds is 5. The minimum Gasteiger partial charge on any atom is -0.300 e. The smallest absolute Gasteiger partial charge is 0.0123 e. The van der Waals surface area contributed by atoms with E-state index in [1.165, 1.54) is 51.9 Å². The average molecular weight is 238 g/mol. The SMILES string of the molecule is CCCN1CCC1CC1CCN1CC(C)(C)C. The molecule has 0 spiro atoms. The number of likely N-dealkylation sites (tertiary alicyclic amines) is 2. The van der Waals surface area contributed by atoms with E-state index in [0.717, 1.165) is 12.1 Å². The summed E-state index contributed by atoms with van der Waals surface area (Å²) in [5, 5.41) is 0. The van der Waals surface area contributed by atoms with Crippen LogP contribution in [0.4, 0.5) is 0 Å². The molecule has 0 aromatic rings. The Kier molecular flexibility index (Phi) is 4.14. The van der Waals surface area contributed by atoms with Crippen LogP contribution in [0.5, 0.6) is 0 Å². The Bertz CT molecular complexity index is 244. The number of nitrogens with zero attached hydrogens (tertiary/aromatic N) is 2. The lowest BCUT2D eigenvalue weighted by Crippen LogP contribution is -2.56. The second-order valence-electron chi connectivity index (χ2n) is 7.19.